The summed E-state index contributed by atoms with van der Waals surface area (Å²) in [6.45, 7) is 8.68. The van der Waals surface area contributed by atoms with Crippen LogP contribution in [-0.4, -0.2) is 41.4 Å². The van der Waals surface area contributed by atoms with Crippen LogP contribution in [0.3, 0.4) is 0 Å². The minimum absolute atomic E-state index is 0.256. The Morgan fingerprint density at radius 1 is 0.703 bits per heavy atom. The van der Waals surface area contributed by atoms with Gasteiger partial charge in [-0.3, -0.25) is 0 Å². The number of fused-ring (bicyclic) bond motifs is 1. The van der Waals surface area contributed by atoms with E-state index in [9.17, 15) is 10.2 Å². The maximum Gasteiger partial charge on any atom is 0.119 e. The Labute approximate surface area is 221 Å². The molecule has 4 rings (SSSR count). The Morgan fingerprint density at radius 3 is 2.14 bits per heavy atom. The lowest BCUT2D eigenvalue weighted by Crippen LogP contribution is -2.23. The van der Waals surface area contributed by atoms with E-state index in [-0.39, 0.29) is 11.5 Å². The van der Waals surface area contributed by atoms with Crippen LogP contribution in [0.2, 0.25) is 0 Å². The molecule has 0 aliphatic carbocycles. The Morgan fingerprint density at radius 2 is 1.41 bits per heavy atom. The third kappa shape index (κ3) is 7.27. The molecule has 2 N–H and O–H groups in total. The van der Waals surface area contributed by atoms with E-state index in [2.05, 4.69) is 49.1 Å². The summed E-state index contributed by atoms with van der Waals surface area (Å²) in [5.74, 6) is 1.43. The van der Waals surface area contributed by atoms with Crippen LogP contribution in [0.25, 0.3) is 21.9 Å². The normalized spacial score (nSPS) is 11.3. The minimum Gasteiger partial charge on any atom is -0.508 e. The van der Waals surface area contributed by atoms with Gasteiger partial charge in [-0.1, -0.05) is 69.2 Å². The summed E-state index contributed by atoms with van der Waals surface area (Å²) >= 11 is 0. The fraction of sp³-hybridized carbons (Fsp3) is 0.333. The van der Waals surface area contributed by atoms with Crippen LogP contribution >= 0.6 is 0 Å². The van der Waals surface area contributed by atoms with E-state index in [0.29, 0.717) is 0 Å². The highest BCUT2D eigenvalue weighted by molar-refractivity contribution is 5.93. The van der Waals surface area contributed by atoms with Crippen LogP contribution in [0.4, 0.5) is 0 Å². The standard InChI is InChI=1S/C33H39NO3/c1-3-34(4-2)21-7-5-6-8-22-37-30-17-9-25(10-18-30)23-33-31(26-11-14-28(35)15-12-26)19-13-27-24-29(36)16-20-32(27)33/h9-20,24,35-36H,3-8,21-23H2,1-2H3. The number of phenolic OH excluding ortho intramolecular Hbond substituents is 2. The first-order valence-electron chi connectivity index (χ1n) is 13.6. The first-order valence-corrected chi connectivity index (χ1v) is 13.6. The van der Waals surface area contributed by atoms with Crippen LogP contribution in [0, 0.1) is 0 Å². The van der Waals surface area contributed by atoms with E-state index in [1.165, 1.54) is 36.9 Å². The van der Waals surface area contributed by atoms with E-state index < -0.39 is 0 Å². The number of nitrogens with zero attached hydrogens (tertiary/aromatic N) is 1. The molecule has 37 heavy (non-hydrogen) atoms. The van der Waals surface area contributed by atoms with Gasteiger partial charge in [-0.15, -0.1) is 0 Å². The van der Waals surface area contributed by atoms with E-state index in [1.807, 2.05) is 24.3 Å². The largest absolute Gasteiger partial charge is 0.508 e. The minimum atomic E-state index is 0.256. The van der Waals surface area contributed by atoms with Gasteiger partial charge in [0, 0.05) is 0 Å². The van der Waals surface area contributed by atoms with Crippen molar-refractivity contribution < 1.29 is 14.9 Å². The van der Waals surface area contributed by atoms with Crippen molar-refractivity contribution in [2.24, 2.45) is 0 Å². The Hall–Kier alpha value is -3.50. The molecule has 0 fully saturated rings. The van der Waals surface area contributed by atoms with Crippen molar-refractivity contribution in [3.8, 4) is 28.4 Å². The molecule has 0 aromatic heterocycles. The first-order chi connectivity index (χ1) is 18.1. The number of phenols is 2. The van der Waals surface area contributed by atoms with Crippen molar-refractivity contribution in [1.82, 2.24) is 4.90 Å². The van der Waals surface area contributed by atoms with Crippen molar-refractivity contribution in [3.05, 3.63) is 90.0 Å². The molecule has 194 valence electrons. The zero-order valence-electron chi connectivity index (χ0n) is 22.1. The fourth-order valence-corrected chi connectivity index (χ4v) is 4.91. The Balaban J connectivity index is 1.40. The second kappa shape index (κ2) is 13.2. The van der Waals surface area contributed by atoms with Gasteiger partial charge in [0.25, 0.3) is 0 Å². The zero-order chi connectivity index (χ0) is 26.0. The van der Waals surface area contributed by atoms with Gasteiger partial charge in [0.15, 0.2) is 0 Å². The summed E-state index contributed by atoms with van der Waals surface area (Å²) < 4.78 is 6.01. The van der Waals surface area contributed by atoms with Crippen molar-refractivity contribution in [2.45, 2.75) is 46.0 Å². The molecule has 4 nitrogen and oxygen atoms in total. The van der Waals surface area contributed by atoms with Gasteiger partial charge in [0.2, 0.25) is 0 Å². The summed E-state index contributed by atoms with van der Waals surface area (Å²) in [6.07, 6.45) is 5.56. The summed E-state index contributed by atoms with van der Waals surface area (Å²) in [5.41, 5.74) is 4.57. The van der Waals surface area contributed by atoms with Gasteiger partial charge >= 0.3 is 0 Å². The molecular weight excluding hydrogens is 458 g/mol. The SMILES string of the molecule is CCN(CC)CCCCCCOc1ccc(Cc2c(-c3ccc(O)cc3)ccc3cc(O)ccc23)cc1. The molecule has 0 saturated carbocycles. The van der Waals surface area contributed by atoms with Crippen molar-refractivity contribution in [2.75, 3.05) is 26.2 Å². The fourth-order valence-electron chi connectivity index (χ4n) is 4.91. The van der Waals surface area contributed by atoms with Crippen LogP contribution in [0.15, 0.2) is 78.9 Å². The average molecular weight is 498 g/mol. The summed E-state index contributed by atoms with van der Waals surface area (Å²) in [4.78, 5) is 2.48. The lowest BCUT2D eigenvalue weighted by Gasteiger charge is -2.17. The van der Waals surface area contributed by atoms with E-state index in [4.69, 9.17) is 4.74 Å². The maximum absolute atomic E-state index is 9.99. The maximum atomic E-state index is 9.99. The summed E-state index contributed by atoms with van der Waals surface area (Å²) in [5, 5.41) is 21.9. The monoisotopic (exact) mass is 497 g/mol. The zero-order valence-corrected chi connectivity index (χ0v) is 22.1. The lowest BCUT2D eigenvalue weighted by atomic mass is 9.90. The molecule has 0 atom stereocenters. The first kappa shape index (κ1) is 26.6. The molecule has 4 aromatic rings. The third-order valence-electron chi connectivity index (χ3n) is 7.13. The van der Waals surface area contributed by atoms with Gasteiger partial charge in [-0.25, -0.2) is 0 Å². The molecule has 4 aromatic carbocycles. The second-order valence-corrected chi connectivity index (χ2v) is 9.65. The number of benzene rings is 4. The predicted octanol–water partition coefficient (Wildman–Crippen LogP) is 7.79. The van der Waals surface area contributed by atoms with Gasteiger partial charge in [-0.2, -0.15) is 0 Å². The van der Waals surface area contributed by atoms with Gasteiger partial charge in [0.1, 0.15) is 17.2 Å². The highest BCUT2D eigenvalue weighted by atomic mass is 16.5. The number of unbranched alkanes of at least 4 members (excludes halogenated alkanes) is 3. The topological polar surface area (TPSA) is 52.9 Å². The number of aromatic hydroxyl groups is 2. The number of rotatable bonds is 13. The molecule has 0 saturated heterocycles. The molecule has 0 unspecified atom stereocenters. The molecule has 0 bridgehead atoms. The Bertz CT molecular complexity index is 1260. The van der Waals surface area contributed by atoms with Crippen LogP contribution in [-0.2, 0) is 6.42 Å². The number of hydrogen-bond acceptors (Lipinski definition) is 4. The molecule has 0 heterocycles. The van der Waals surface area contributed by atoms with E-state index >= 15 is 0 Å². The van der Waals surface area contributed by atoms with E-state index in [0.717, 1.165) is 60.2 Å². The smallest absolute Gasteiger partial charge is 0.119 e. The summed E-state index contributed by atoms with van der Waals surface area (Å²) in [6, 6.07) is 25.4. The lowest BCUT2D eigenvalue weighted by molar-refractivity contribution is 0.284. The van der Waals surface area contributed by atoms with Gasteiger partial charge in [0.05, 0.1) is 6.61 Å². The molecule has 4 heteroatoms. The molecule has 0 spiro atoms. The van der Waals surface area contributed by atoms with Crippen molar-refractivity contribution >= 4 is 10.8 Å². The second-order valence-electron chi connectivity index (χ2n) is 9.65. The van der Waals surface area contributed by atoms with E-state index in [1.54, 1.807) is 24.3 Å². The molecular formula is C33H39NO3. The molecule has 0 amide bonds. The molecule has 0 aliphatic heterocycles. The van der Waals surface area contributed by atoms with Crippen molar-refractivity contribution in [3.63, 3.8) is 0 Å². The van der Waals surface area contributed by atoms with Crippen LogP contribution < -0.4 is 4.74 Å². The number of ether oxygens (including phenoxy) is 1. The highest BCUT2D eigenvalue weighted by Crippen LogP contribution is 2.34. The third-order valence-corrected chi connectivity index (χ3v) is 7.13. The number of hydrogen-bond donors (Lipinski definition) is 2. The van der Waals surface area contributed by atoms with Crippen molar-refractivity contribution in [1.29, 1.82) is 0 Å². The van der Waals surface area contributed by atoms with Gasteiger partial charge < -0.3 is 19.8 Å². The van der Waals surface area contributed by atoms with Crippen LogP contribution in [0.1, 0.15) is 50.7 Å². The average Bonchev–Trinajstić information content (AvgIpc) is 2.92. The summed E-state index contributed by atoms with van der Waals surface area (Å²) in [7, 11) is 0. The predicted molar refractivity (Wildman–Crippen MR) is 154 cm³/mol. The molecule has 0 aliphatic rings. The van der Waals surface area contributed by atoms with Gasteiger partial charge in [-0.05, 0) is 108 Å². The van der Waals surface area contributed by atoms with Crippen LogP contribution in [0.5, 0.6) is 17.2 Å². The Kier molecular flexibility index (Phi) is 9.45. The quantitative estimate of drug-likeness (QED) is 0.185. The molecule has 0 radical (unpaired) electrons. The highest BCUT2D eigenvalue weighted by Gasteiger charge is 2.12.